The van der Waals surface area contributed by atoms with Gasteiger partial charge in [-0.1, -0.05) is 6.92 Å². The summed E-state index contributed by atoms with van der Waals surface area (Å²) in [6.07, 6.45) is -0.220. The summed E-state index contributed by atoms with van der Waals surface area (Å²) in [7, 11) is 0. The van der Waals surface area contributed by atoms with Crippen LogP contribution in [0.2, 0.25) is 0 Å². The first kappa shape index (κ1) is 20.7. The minimum Gasteiger partial charge on any atom is -0.458 e. The van der Waals surface area contributed by atoms with Gasteiger partial charge < -0.3 is 14.4 Å². The Kier molecular flexibility index (Phi) is 6.08. The lowest BCUT2D eigenvalue weighted by Crippen LogP contribution is -2.52. The Hall–Kier alpha value is -2.64. The fourth-order valence-corrected chi connectivity index (χ4v) is 2.97. The first-order valence-electron chi connectivity index (χ1n) is 8.93. The molecule has 27 heavy (non-hydrogen) atoms. The van der Waals surface area contributed by atoms with E-state index in [1.807, 2.05) is 34.6 Å². The molecular formula is C19H26N2O6. The van der Waals surface area contributed by atoms with E-state index < -0.39 is 16.5 Å². The lowest BCUT2D eigenvalue weighted by molar-refractivity contribution is -0.384. The van der Waals surface area contributed by atoms with Gasteiger partial charge in [-0.3, -0.25) is 10.1 Å². The first-order chi connectivity index (χ1) is 12.5. The van der Waals surface area contributed by atoms with Crippen LogP contribution >= 0.6 is 0 Å². The summed E-state index contributed by atoms with van der Waals surface area (Å²) in [5.74, 6) is -0.588. The van der Waals surface area contributed by atoms with Crippen molar-refractivity contribution in [1.29, 1.82) is 0 Å². The summed E-state index contributed by atoms with van der Waals surface area (Å²) in [6, 6.07) is 5.17. The van der Waals surface area contributed by atoms with Crippen molar-refractivity contribution in [3.05, 3.63) is 39.9 Å². The summed E-state index contributed by atoms with van der Waals surface area (Å²) in [5.41, 5.74) is -0.395. The van der Waals surface area contributed by atoms with Crippen molar-refractivity contribution in [2.45, 2.75) is 58.8 Å². The second kappa shape index (κ2) is 7.94. The molecule has 1 heterocycles. The van der Waals surface area contributed by atoms with Gasteiger partial charge in [-0.2, -0.15) is 0 Å². The van der Waals surface area contributed by atoms with Crippen molar-refractivity contribution in [2.24, 2.45) is 5.92 Å². The number of non-ortho nitro benzene ring substituents is 1. The predicted molar refractivity (Wildman–Crippen MR) is 98.5 cm³/mol. The van der Waals surface area contributed by atoms with Gasteiger partial charge in [0.1, 0.15) is 11.7 Å². The number of piperidine rings is 1. The molecule has 1 fully saturated rings. The summed E-state index contributed by atoms with van der Waals surface area (Å²) in [6.45, 7) is 9.68. The third-order valence-electron chi connectivity index (χ3n) is 4.43. The van der Waals surface area contributed by atoms with Gasteiger partial charge in [-0.05, 0) is 39.8 Å². The minimum atomic E-state index is -0.570. The van der Waals surface area contributed by atoms with Crippen LogP contribution in [0.5, 0.6) is 0 Å². The number of amides is 1. The number of rotatable bonds is 3. The molecule has 1 aromatic rings. The smallest absolute Gasteiger partial charge is 0.410 e. The number of esters is 1. The number of benzene rings is 1. The van der Waals surface area contributed by atoms with Crippen LogP contribution in [0.4, 0.5) is 10.5 Å². The van der Waals surface area contributed by atoms with E-state index in [0.29, 0.717) is 13.0 Å². The standard InChI is InChI=1S/C19H26N2O6/c1-12-11-20(18(23)27-19(3,4)5)13(2)10-16(12)26-17(22)14-6-8-15(9-7-14)21(24)25/h6-9,12-13,16H,10-11H2,1-5H3/t12-,13+,16+/m1/s1. The Morgan fingerprint density at radius 1 is 1.19 bits per heavy atom. The van der Waals surface area contributed by atoms with Crippen LogP contribution in [-0.2, 0) is 9.47 Å². The summed E-state index contributed by atoms with van der Waals surface area (Å²) < 4.78 is 11.0. The number of ether oxygens (including phenoxy) is 2. The number of likely N-dealkylation sites (tertiary alicyclic amines) is 1. The number of nitro groups is 1. The van der Waals surface area contributed by atoms with Gasteiger partial charge in [0.05, 0.1) is 10.5 Å². The molecule has 1 aliphatic rings. The van der Waals surface area contributed by atoms with Crippen LogP contribution in [0.1, 0.15) is 51.4 Å². The summed E-state index contributed by atoms with van der Waals surface area (Å²) in [4.78, 5) is 36.5. The molecule has 1 saturated heterocycles. The summed E-state index contributed by atoms with van der Waals surface area (Å²) >= 11 is 0. The molecular weight excluding hydrogens is 352 g/mol. The average molecular weight is 378 g/mol. The highest BCUT2D eigenvalue weighted by atomic mass is 16.6. The molecule has 0 N–H and O–H groups in total. The van der Waals surface area contributed by atoms with Gasteiger partial charge in [0.25, 0.3) is 5.69 Å². The molecule has 0 aliphatic carbocycles. The topological polar surface area (TPSA) is 99.0 Å². The van der Waals surface area contributed by atoms with E-state index in [0.717, 1.165) is 0 Å². The molecule has 3 atom stereocenters. The van der Waals surface area contributed by atoms with Crippen molar-refractivity contribution < 1.29 is 24.0 Å². The number of nitro benzene ring substituents is 1. The van der Waals surface area contributed by atoms with Crippen molar-refractivity contribution in [2.75, 3.05) is 6.54 Å². The van der Waals surface area contributed by atoms with Gasteiger partial charge in [-0.15, -0.1) is 0 Å². The van der Waals surface area contributed by atoms with Crippen LogP contribution in [0, 0.1) is 16.0 Å². The Morgan fingerprint density at radius 2 is 1.78 bits per heavy atom. The SMILES string of the molecule is C[C@@H]1CN(C(=O)OC(C)(C)C)[C@@H](C)C[C@@H]1OC(=O)c1ccc([N+](=O)[O-])cc1. The monoisotopic (exact) mass is 378 g/mol. The lowest BCUT2D eigenvalue weighted by atomic mass is 9.92. The second-order valence-electron chi connectivity index (χ2n) is 7.94. The molecule has 8 heteroatoms. The fourth-order valence-electron chi connectivity index (χ4n) is 2.97. The van der Waals surface area contributed by atoms with Gasteiger partial charge in [-0.25, -0.2) is 9.59 Å². The van der Waals surface area contributed by atoms with E-state index in [9.17, 15) is 19.7 Å². The molecule has 0 bridgehead atoms. The third-order valence-corrected chi connectivity index (χ3v) is 4.43. The Balaban J connectivity index is 1.99. The van der Waals surface area contributed by atoms with Crippen LogP contribution < -0.4 is 0 Å². The van der Waals surface area contributed by atoms with E-state index in [1.54, 1.807) is 4.90 Å². The molecule has 2 rings (SSSR count). The number of hydrogen-bond donors (Lipinski definition) is 0. The highest BCUT2D eigenvalue weighted by molar-refractivity contribution is 5.89. The predicted octanol–water partition coefficient (Wildman–Crippen LogP) is 3.79. The molecule has 1 aromatic carbocycles. The van der Waals surface area contributed by atoms with Crippen LogP contribution in [0.25, 0.3) is 0 Å². The molecule has 0 saturated carbocycles. The second-order valence-corrected chi connectivity index (χ2v) is 7.94. The van der Waals surface area contributed by atoms with E-state index in [1.165, 1.54) is 24.3 Å². The Labute approximate surface area is 158 Å². The zero-order valence-corrected chi connectivity index (χ0v) is 16.3. The van der Waals surface area contributed by atoms with Gasteiger partial charge in [0.2, 0.25) is 0 Å². The molecule has 1 amide bonds. The maximum atomic E-state index is 12.4. The van der Waals surface area contributed by atoms with Crippen molar-refractivity contribution >= 4 is 17.7 Å². The van der Waals surface area contributed by atoms with Crippen LogP contribution in [-0.4, -0.2) is 46.2 Å². The normalized spacial score (nSPS) is 22.9. The zero-order valence-electron chi connectivity index (χ0n) is 16.3. The molecule has 8 nitrogen and oxygen atoms in total. The van der Waals surface area contributed by atoms with E-state index >= 15 is 0 Å². The van der Waals surface area contributed by atoms with Crippen molar-refractivity contribution in [3.8, 4) is 0 Å². The average Bonchev–Trinajstić information content (AvgIpc) is 2.56. The number of carbonyl (C=O) groups excluding carboxylic acids is 2. The van der Waals surface area contributed by atoms with Crippen LogP contribution in [0.15, 0.2) is 24.3 Å². The zero-order chi connectivity index (χ0) is 20.4. The molecule has 0 spiro atoms. The lowest BCUT2D eigenvalue weighted by Gasteiger charge is -2.41. The molecule has 148 valence electrons. The van der Waals surface area contributed by atoms with E-state index in [-0.39, 0.29) is 35.4 Å². The Bertz CT molecular complexity index is 710. The quantitative estimate of drug-likeness (QED) is 0.451. The molecule has 0 radical (unpaired) electrons. The Morgan fingerprint density at radius 3 is 2.30 bits per heavy atom. The number of hydrogen-bond acceptors (Lipinski definition) is 6. The molecule has 0 unspecified atom stereocenters. The van der Waals surface area contributed by atoms with Gasteiger partial charge in [0, 0.05) is 37.1 Å². The van der Waals surface area contributed by atoms with Crippen LogP contribution in [0.3, 0.4) is 0 Å². The minimum absolute atomic E-state index is 0.0595. The largest absolute Gasteiger partial charge is 0.458 e. The molecule has 1 aliphatic heterocycles. The first-order valence-corrected chi connectivity index (χ1v) is 8.93. The molecule has 0 aromatic heterocycles. The number of carbonyl (C=O) groups is 2. The van der Waals surface area contributed by atoms with Gasteiger partial charge >= 0.3 is 12.1 Å². The maximum Gasteiger partial charge on any atom is 0.410 e. The van der Waals surface area contributed by atoms with Gasteiger partial charge in [0.15, 0.2) is 0 Å². The number of nitrogens with zero attached hydrogens (tertiary/aromatic N) is 2. The highest BCUT2D eigenvalue weighted by Crippen LogP contribution is 2.27. The fraction of sp³-hybridized carbons (Fsp3) is 0.579. The maximum absolute atomic E-state index is 12.4. The van der Waals surface area contributed by atoms with Crippen molar-refractivity contribution in [3.63, 3.8) is 0 Å². The van der Waals surface area contributed by atoms with E-state index in [2.05, 4.69) is 0 Å². The third kappa shape index (κ3) is 5.42. The van der Waals surface area contributed by atoms with Crippen molar-refractivity contribution in [1.82, 2.24) is 4.90 Å². The highest BCUT2D eigenvalue weighted by Gasteiger charge is 2.37. The van der Waals surface area contributed by atoms with E-state index in [4.69, 9.17) is 9.47 Å². The summed E-state index contributed by atoms with van der Waals surface area (Å²) in [5, 5.41) is 10.7.